The number of esters is 1. The van der Waals surface area contributed by atoms with Crippen LogP contribution >= 0.6 is 0 Å². The first-order valence-electron chi connectivity index (χ1n) is 5.23. The third-order valence-corrected chi connectivity index (χ3v) is 2.17. The largest absolute Gasteiger partial charge is 0.463 e. The highest BCUT2D eigenvalue weighted by molar-refractivity contribution is 5.90. The Morgan fingerprint density at radius 2 is 1.88 bits per heavy atom. The lowest BCUT2D eigenvalue weighted by Gasteiger charge is -2.07. The van der Waals surface area contributed by atoms with Gasteiger partial charge in [-0.3, -0.25) is 0 Å². The molecule has 0 spiro atoms. The average Bonchev–Trinajstić information content (AvgIpc) is 2.30. The molecular formula is C14H16O2. The van der Waals surface area contributed by atoms with Crippen LogP contribution in [0.25, 0.3) is 5.57 Å². The van der Waals surface area contributed by atoms with E-state index in [4.69, 9.17) is 4.74 Å². The molecule has 0 aliphatic heterocycles. The number of hydrogen-bond acceptors (Lipinski definition) is 2. The molecule has 1 aromatic rings. The molecule has 0 atom stereocenters. The maximum Gasteiger partial charge on any atom is 0.333 e. The quantitative estimate of drug-likeness (QED) is 0.558. The molecule has 84 valence electrons. The Morgan fingerprint density at radius 1 is 1.25 bits per heavy atom. The van der Waals surface area contributed by atoms with Crippen LogP contribution < -0.4 is 0 Å². The van der Waals surface area contributed by atoms with Crippen molar-refractivity contribution in [1.82, 2.24) is 0 Å². The molecule has 0 amide bonds. The average molecular weight is 216 g/mol. The molecule has 0 aliphatic rings. The first-order valence-corrected chi connectivity index (χ1v) is 5.23. The maximum atomic E-state index is 11.3. The van der Waals surface area contributed by atoms with Crippen LogP contribution in [-0.4, -0.2) is 12.6 Å². The van der Waals surface area contributed by atoms with Crippen molar-refractivity contribution in [2.75, 3.05) is 6.61 Å². The van der Waals surface area contributed by atoms with Crippen molar-refractivity contribution < 1.29 is 9.53 Å². The zero-order chi connectivity index (χ0) is 12.0. The zero-order valence-corrected chi connectivity index (χ0v) is 9.53. The lowest BCUT2D eigenvalue weighted by atomic mass is 10.0. The molecule has 0 bridgehead atoms. The van der Waals surface area contributed by atoms with Gasteiger partial charge in [0.25, 0.3) is 0 Å². The summed E-state index contributed by atoms with van der Waals surface area (Å²) in [7, 11) is 0. The van der Waals surface area contributed by atoms with E-state index in [-0.39, 0.29) is 5.97 Å². The van der Waals surface area contributed by atoms with Crippen molar-refractivity contribution in [3.8, 4) is 0 Å². The molecule has 1 rings (SSSR count). The number of rotatable bonds is 5. The molecule has 2 heteroatoms. The summed E-state index contributed by atoms with van der Waals surface area (Å²) >= 11 is 0. The second-order valence-electron chi connectivity index (χ2n) is 3.47. The summed E-state index contributed by atoms with van der Waals surface area (Å²) < 4.78 is 4.86. The van der Waals surface area contributed by atoms with Gasteiger partial charge in [-0.15, -0.1) is 0 Å². The topological polar surface area (TPSA) is 26.3 Å². The monoisotopic (exact) mass is 216 g/mol. The van der Waals surface area contributed by atoms with Gasteiger partial charge in [0.2, 0.25) is 0 Å². The van der Waals surface area contributed by atoms with Gasteiger partial charge in [-0.05, 0) is 18.1 Å². The summed E-state index contributed by atoms with van der Waals surface area (Å²) in [5, 5.41) is 0. The fourth-order valence-corrected chi connectivity index (χ4v) is 1.34. The second kappa shape index (κ2) is 5.91. The van der Waals surface area contributed by atoms with Gasteiger partial charge in [0, 0.05) is 12.0 Å². The number of carbonyl (C=O) groups excluding carboxylic acids is 1. The van der Waals surface area contributed by atoms with Gasteiger partial charge in [0.1, 0.15) is 0 Å². The Labute approximate surface area is 96.2 Å². The van der Waals surface area contributed by atoms with Crippen LogP contribution in [0.2, 0.25) is 0 Å². The number of hydrogen-bond donors (Lipinski definition) is 0. The molecule has 16 heavy (non-hydrogen) atoms. The van der Waals surface area contributed by atoms with Crippen LogP contribution in [0.1, 0.15) is 18.9 Å². The van der Waals surface area contributed by atoms with E-state index >= 15 is 0 Å². The SMILES string of the molecule is C=C(CC(=C)c1ccccc1)C(=O)OCC. The standard InChI is InChI=1S/C14H16O2/c1-4-16-14(15)12(3)10-11(2)13-8-6-5-7-9-13/h5-9H,2-4,10H2,1H3. The molecule has 2 nitrogen and oxygen atoms in total. The minimum absolute atomic E-state index is 0.348. The molecular weight excluding hydrogens is 200 g/mol. The molecule has 0 fully saturated rings. The van der Waals surface area contributed by atoms with Gasteiger partial charge < -0.3 is 4.74 Å². The number of allylic oxidation sites excluding steroid dienone is 1. The van der Waals surface area contributed by atoms with Crippen molar-refractivity contribution in [3.05, 3.63) is 54.6 Å². The minimum atomic E-state index is -0.348. The van der Waals surface area contributed by atoms with Gasteiger partial charge in [-0.25, -0.2) is 4.79 Å². The lowest BCUT2D eigenvalue weighted by Crippen LogP contribution is -2.06. The van der Waals surface area contributed by atoms with Crippen LogP contribution in [0, 0.1) is 0 Å². The van der Waals surface area contributed by atoms with Crippen LogP contribution in [0.15, 0.2) is 49.1 Å². The van der Waals surface area contributed by atoms with Crippen molar-refractivity contribution in [2.45, 2.75) is 13.3 Å². The van der Waals surface area contributed by atoms with Crippen molar-refractivity contribution in [1.29, 1.82) is 0 Å². The third kappa shape index (κ3) is 3.39. The molecule has 1 aromatic carbocycles. The summed E-state index contributed by atoms with van der Waals surface area (Å²) in [5.41, 5.74) is 2.34. The number of benzene rings is 1. The van der Waals surface area contributed by atoms with E-state index in [0.717, 1.165) is 11.1 Å². The molecule has 0 aliphatic carbocycles. The van der Waals surface area contributed by atoms with E-state index in [2.05, 4.69) is 13.2 Å². The Kier molecular flexibility index (Phi) is 4.52. The maximum absolute atomic E-state index is 11.3. The van der Waals surface area contributed by atoms with E-state index in [1.54, 1.807) is 6.92 Å². The van der Waals surface area contributed by atoms with Gasteiger partial charge in [0.05, 0.1) is 6.61 Å². The smallest absolute Gasteiger partial charge is 0.333 e. The third-order valence-electron chi connectivity index (χ3n) is 2.17. The van der Waals surface area contributed by atoms with E-state index < -0.39 is 0 Å². The summed E-state index contributed by atoms with van der Waals surface area (Å²) in [6.07, 6.45) is 0.447. The molecule has 0 heterocycles. The van der Waals surface area contributed by atoms with Crippen LogP contribution in [0.4, 0.5) is 0 Å². The zero-order valence-electron chi connectivity index (χ0n) is 9.53. The van der Waals surface area contributed by atoms with Crippen LogP contribution in [0.3, 0.4) is 0 Å². The molecule has 0 aromatic heterocycles. The number of ether oxygens (including phenoxy) is 1. The second-order valence-corrected chi connectivity index (χ2v) is 3.47. The first-order chi connectivity index (χ1) is 7.65. The van der Waals surface area contributed by atoms with Crippen molar-refractivity contribution in [2.24, 2.45) is 0 Å². The molecule has 0 unspecified atom stereocenters. The van der Waals surface area contributed by atoms with Gasteiger partial charge in [-0.1, -0.05) is 43.5 Å². The van der Waals surface area contributed by atoms with Gasteiger partial charge in [-0.2, -0.15) is 0 Å². The van der Waals surface area contributed by atoms with Crippen molar-refractivity contribution in [3.63, 3.8) is 0 Å². The highest BCUT2D eigenvalue weighted by atomic mass is 16.5. The van der Waals surface area contributed by atoms with Crippen LogP contribution in [0.5, 0.6) is 0 Å². The van der Waals surface area contributed by atoms with E-state index in [9.17, 15) is 4.79 Å². The summed E-state index contributed by atoms with van der Waals surface area (Å²) in [6, 6.07) is 9.74. The summed E-state index contributed by atoms with van der Waals surface area (Å²) in [4.78, 5) is 11.3. The molecule has 0 N–H and O–H groups in total. The Balaban J connectivity index is 2.59. The first kappa shape index (κ1) is 12.2. The van der Waals surface area contributed by atoms with E-state index in [0.29, 0.717) is 18.6 Å². The normalized spacial score (nSPS) is 9.56. The van der Waals surface area contributed by atoms with E-state index in [1.807, 2.05) is 30.3 Å². The highest BCUT2D eigenvalue weighted by Crippen LogP contribution is 2.19. The minimum Gasteiger partial charge on any atom is -0.463 e. The van der Waals surface area contributed by atoms with Gasteiger partial charge >= 0.3 is 5.97 Å². The fraction of sp³-hybridized carbons (Fsp3) is 0.214. The van der Waals surface area contributed by atoms with E-state index in [1.165, 1.54) is 0 Å². The predicted octanol–water partition coefficient (Wildman–Crippen LogP) is 3.21. The molecule has 0 saturated carbocycles. The van der Waals surface area contributed by atoms with Crippen molar-refractivity contribution >= 4 is 11.5 Å². The Bertz CT molecular complexity index is 390. The highest BCUT2D eigenvalue weighted by Gasteiger charge is 2.09. The van der Waals surface area contributed by atoms with Crippen LogP contribution in [-0.2, 0) is 9.53 Å². The fourth-order valence-electron chi connectivity index (χ4n) is 1.34. The summed E-state index contributed by atoms with van der Waals surface area (Å²) in [6.45, 7) is 9.79. The Morgan fingerprint density at radius 3 is 2.44 bits per heavy atom. The summed E-state index contributed by atoms with van der Waals surface area (Å²) in [5.74, 6) is -0.348. The lowest BCUT2D eigenvalue weighted by molar-refractivity contribution is -0.138. The van der Waals surface area contributed by atoms with Gasteiger partial charge in [0.15, 0.2) is 0 Å². The predicted molar refractivity (Wildman–Crippen MR) is 65.9 cm³/mol. The number of carbonyl (C=O) groups is 1. The Hall–Kier alpha value is -1.83. The molecule has 0 radical (unpaired) electrons. The molecule has 0 saturated heterocycles.